The Hall–Kier alpha value is -1.91. The van der Waals surface area contributed by atoms with Gasteiger partial charge >= 0.3 is 5.97 Å². The molecule has 0 aliphatic rings. The molecule has 4 N–H and O–H groups in total. The maximum Gasteiger partial charge on any atom is 0.327 e. The fourth-order valence-electron chi connectivity index (χ4n) is 1.15. The SMILES string of the molecule is C#CCC(NC(=O)c1csc(C(C)N)n1)C(=O)O. The van der Waals surface area contributed by atoms with Crippen molar-refractivity contribution in [1.29, 1.82) is 0 Å². The standard InChI is InChI=1S/C11H13N3O3S/c1-3-4-7(11(16)17)13-9(15)8-5-18-10(14-8)6(2)12/h1,5-7H,4,12H2,2H3,(H,13,15)(H,16,17). The van der Waals surface area contributed by atoms with E-state index >= 15 is 0 Å². The first kappa shape index (κ1) is 14.2. The van der Waals surface area contributed by atoms with E-state index in [1.54, 1.807) is 6.92 Å². The number of carbonyl (C=O) groups is 2. The number of nitrogens with zero attached hydrogens (tertiary/aromatic N) is 1. The average molecular weight is 267 g/mol. The highest BCUT2D eigenvalue weighted by Gasteiger charge is 2.21. The molecule has 7 heteroatoms. The first-order chi connectivity index (χ1) is 8.45. The van der Waals surface area contributed by atoms with Crippen LogP contribution in [0.15, 0.2) is 5.38 Å². The largest absolute Gasteiger partial charge is 0.480 e. The number of carboxylic acids is 1. The molecule has 1 aromatic rings. The topological polar surface area (TPSA) is 105 Å². The van der Waals surface area contributed by atoms with Gasteiger partial charge < -0.3 is 16.2 Å². The van der Waals surface area contributed by atoms with Gasteiger partial charge in [-0.2, -0.15) is 0 Å². The molecular weight excluding hydrogens is 254 g/mol. The number of terminal acetylenes is 1. The highest BCUT2D eigenvalue weighted by atomic mass is 32.1. The van der Waals surface area contributed by atoms with E-state index in [1.807, 2.05) is 0 Å². The average Bonchev–Trinajstić information content (AvgIpc) is 2.77. The fraction of sp³-hybridized carbons (Fsp3) is 0.364. The maximum absolute atomic E-state index is 11.7. The molecule has 1 heterocycles. The molecule has 0 bridgehead atoms. The molecule has 0 saturated heterocycles. The Labute approximate surface area is 108 Å². The summed E-state index contributed by atoms with van der Waals surface area (Å²) in [6, 6.07) is -1.37. The van der Waals surface area contributed by atoms with Crippen LogP contribution in [-0.4, -0.2) is 28.0 Å². The highest BCUT2D eigenvalue weighted by molar-refractivity contribution is 7.09. The molecule has 0 fully saturated rings. The number of nitrogens with two attached hydrogens (primary N) is 1. The van der Waals surface area contributed by atoms with Gasteiger partial charge in [-0.15, -0.1) is 23.7 Å². The minimum atomic E-state index is -1.18. The van der Waals surface area contributed by atoms with Crippen molar-refractivity contribution in [3.05, 3.63) is 16.1 Å². The van der Waals surface area contributed by atoms with Crippen LogP contribution in [-0.2, 0) is 4.79 Å². The Balaban J connectivity index is 2.74. The van der Waals surface area contributed by atoms with Crippen LogP contribution in [0, 0.1) is 12.3 Å². The van der Waals surface area contributed by atoms with Gasteiger partial charge in [0.2, 0.25) is 0 Å². The lowest BCUT2D eigenvalue weighted by Gasteiger charge is -2.10. The van der Waals surface area contributed by atoms with Crippen LogP contribution in [0.3, 0.4) is 0 Å². The molecule has 18 heavy (non-hydrogen) atoms. The Morgan fingerprint density at radius 2 is 2.39 bits per heavy atom. The van der Waals surface area contributed by atoms with Crippen molar-refractivity contribution in [2.75, 3.05) is 0 Å². The number of carboxylic acid groups (broad SMARTS) is 1. The molecule has 0 aromatic carbocycles. The van der Waals surface area contributed by atoms with E-state index in [4.69, 9.17) is 17.3 Å². The van der Waals surface area contributed by atoms with Crippen molar-refractivity contribution in [2.45, 2.75) is 25.4 Å². The van der Waals surface area contributed by atoms with Gasteiger partial charge in [-0.05, 0) is 6.92 Å². The Bertz CT molecular complexity index is 490. The predicted molar refractivity (Wildman–Crippen MR) is 67.1 cm³/mol. The summed E-state index contributed by atoms with van der Waals surface area (Å²) in [4.78, 5) is 26.6. The molecule has 0 saturated carbocycles. The monoisotopic (exact) mass is 267 g/mol. The van der Waals surface area contributed by atoms with Crippen molar-refractivity contribution in [3.63, 3.8) is 0 Å². The van der Waals surface area contributed by atoms with Gasteiger partial charge in [0.15, 0.2) is 0 Å². The Morgan fingerprint density at radius 3 is 2.83 bits per heavy atom. The van der Waals surface area contributed by atoms with E-state index in [-0.39, 0.29) is 18.2 Å². The Morgan fingerprint density at radius 1 is 1.72 bits per heavy atom. The third-order valence-corrected chi connectivity index (χ3v) is 3.12. The second-order valence-corrected chi connectivity index (χ2v) is 4.52. The quantitative estimate of drug-likeness (QED) is 0.668. The minimum absolute atomic E-state index is 0.0780. The van der Waals surface area contributed by atoms with Crippen LogP contribution < -0.4 is 11.1 Å². The summed E-state index contributed by atoms with van der Waals surface area (Å²) in [6.07, 6.45) is 4.95. The van der Waals surface area contributed by atoms with Crippen LogP contribution in [0.2, 0.25) is 0 Å². The smallest absolute Gasteiger partial charge is 0.327 e. The van der Waals surface area contributed by atoms with Crippen LogP contribution in [0.1, 0.15) is 34.9 Å². The molecule has 96 valence electrons. The van der Waals surface area contributed by atoms with Crippen molar-refractivity contribution in [2.24, 2.45) is 5.73 Å². The molecule has 0 aliphatic heterocycles. The van der Waals surface area contributed by atoms with Crippen molar-refractivity contribution < 1.29 is 14.7 Å². The molecule has 1 aromatic heterocycles. The molecule has 0 aliphatic carbocycles. The summed E-state index contributed by atoms with van der Waals surface area (Å²) in [5.41, 5.74) is 5.77. The molecule has 0 spiro atoms. The summed E-state index contributed by atoms with van der Waals surface area (Å²) >= 11 is 1.25. The maximum atomic E-state index is 11.7. The molecular formula is C11H13N3O3S. The second kappa shape index (κ2) is 6.14. The molecule has 2 atom stereocenters. The summed E-state index contributed by atoms with van der Waals surface area (Å²) in [5, 5.41) is 13.3. The summed E-state index contributed by atoms with van der Waals surface area (Å²) in [5.74, 6) is 0.450. The Kier molecular flexibility index (Phi) is 4.83. The summed E-state index contributed by atoms with van der Waals surface area (Å²) in [6.45, 7) is 1.75. The number of rotatable bonds is 5. The summed E-state index contributed by atoms with van der Waals surface area (Å²) in [7, 11) is 0. The first-order valence-corrected chi connectivity index (χ1v) is 6.01. The van der Waals surface area contributed by atoms with Crippen LogP contribution in [0.5, 0.6) is 0 Å². The minimum Gasteiger partial charge on any atom is -0.480 e. The van der Waals surface area contributed by atoms with E-state index in [2.05, 4.69) is 16.2 Å². The van der Waals surface area contributed by atoms with Crippen LogP contribution >= 0.6 is 11.3 Å². The number of hydrogen-bond acceptors (Lipinski definition) is 5. The normalized spacial score (nSPS) is 13.4. The van der Waals surface area contributed by atoms with Gasteiger partial charge in [0.25, 0.3) is 5.91 Å². The summed E-state index contributed by atoms with van der Waals surface area (Å²) < 4.78 is 0. The molecule has 1 rings (SSSR count). The van der Waals surface area contributed by atoms with Crippen molar-refractivity contribution in [3.8, 4) is 12.3 Å². The van der Waals surface area contributed by atoms with Gasteiger partial charge in [0.05, 0.1) is 6.04 Å². The van der Waals surface area contributed by atoms with E-state index in [9.17, 15) is 9.59 Å². The second-order valence-electron chi connectivity index (χ2n) is 3.63. The lowest BCUT2D eigenvalue weighted by molar-refractivity contribution is -0.139. The van der Waals surface area contributed by atoms with Gasteiger partial charge in [0.1, 0.15) is 16.7 Å². The highest BCUT2D eigenvalue weighted by Crippen LogP contribution is 2.15. The lowest BCUT2D eigenvalue weighted by atomic mass is 10.2. The first-order valence-electron chi connectivity index (χ1n) is 5.13. The molecule has 1 amide bonds. The molecule has 2 unspecified atom stereocenters. The zero-order chi connectivity index (χ0) is 13.7. The number of aliphatic carboxylic acids is 1. The number of aromatic nitrogens is 1. The van der Waals surface area contributed by atoms with E-state index in [0.29, 0.717) is 5.01 Å². The third-order valence-electron chi connectivity index (χ3n) is 2.07. The van der Waals surface area contributed by atoms with E-state index < -0.39 is 17.9 Å². The van der Waals surface area contributed by atoms with Gasteiger partial charge in [0, 0.05) is 11.8 Å². The van der Waals surface area contributed by atoms with Gasteiger partial charge in [-0.1, -0.05) is 0 Å². The van der Waals surface area contributed by atoms with Crippen LogP contribution in [0.25, 0.3) is 0 Å². The molecule has 0 radical (unpaired) electrons. The van der Waals surface area contributed by atoms with E-state index in [1.165, 1.54) is 16.7 Å². The third kappa shape index (κ3) is 3.55. The molecule has 6 nitrogen and oxygen atoms in total. The lowest BCUT2D eigenvalue weighted by Crippen LogP contribution is -2.40. The van der Waals surface area contributed by atoms with E-state index in [0.717, 1.165) is 0 Å². The fourth-order valence-corrected chi connectivity index (χ4v) is 1.91. The number of carbonyl (C=O) groups excluding carboxylic acids is 1. The zero-order valence-corrected chi connectivity index (χ0v) is 10.5. The van der Waals surface area contributed by atoms with Crippen molar-refractivity contribution in [1.82, 2.24) is 10.3 Å². The van der Waals surface area contributed by atoms with Crippen LogP contribution in [0.4, 0.5) is 0 Å². The van der Waals surface area contributed by atoms with Crippen molar-refractivity contribution >= 4 is 23.2 Å². The number of amides is 1. The number of thiazole rings is 1. The van der Waals surface area contributed by atoms with Gasteiger partial charge in [-0.3, -0.25) is 4.79 Å². The van der Waals surface area contributed by atoms with Gasteiger partial charge in [-0.25, -0.2) is 9.78 Å². The number of nitrogens with one attached hydrogen (secondary N) is 1. The predicted octanol–water partition coefficient (Wildman–Crippen LogP) is 0.369. The zero-order valence-electron chi connectivity index (χ0n) is 9.71. The number of hydrogen-bond donors (Lipinski definition) is 3.